The molecule has 0 N–H and O–H groups in total. The predicted octanol–water partition coefficient (Wildman–Crippen LogP) is 3.83. The maximum atomic E-state index is 12.7. The molecule has 0 heterocycles. The van der Waals surface area contributed by atoms with E-state index in [9.17, 15) is 4.79 Å². The number of ether oxygens (including phenoxy) is 1. The second-order valence-electron chi connectivity index (χ2n) is 6.64. The molecule has 2 heteroatoms. The smallest absolute Gasteiger partial charge is 0.165 e. The van der Waals surface area contributed by atoms with Crippen LogP contribution in [0.25, 0.3) is 0 Å². The Hall–Kier alpha value is -0.370. The number of carbonyl (C=O) groups is 1. The van der Waals surface area contributed by atoms with Gasteiger partial charge in [0.1, 0.15) is 5.60 Å². The van der Waals surface area contributed by atoms with E-state index in [0.29, 0.717) is 24.0 Å². The molecule has 0 aliphatic heterocycles. The van der Waals surface area contributed by atoms with Crippen molar-refractivity contribution in [2.45, 2.75) is 65.9 Å². The fourth-order valence-electron chi connectivity index (χ4n) is 3.67. The van der Waals surface area contributed by atoms with Crippen molar-refractivity contribution in [3.05, 3.63) is 0 Å². The lowest BCUT2D eigenvalue weighted by Gasteiger charge is -2.52. The SMILES string of the molecule is COC1(C(=O)CC(C)C)C(C)CCCC1(C)C. The van der Waals surface area contributed by atoms with Crippen LogP contribution in [-0.2, 0) is 9.53 Å². The van der Waals surface area contributed by atoms with Crippen LogP contribution in [0.4, 0.5) is 0 Å². The molecule has 2 atom stereocenters. The molecule has 1 saturated carbocycles. The van der Waals surface area contributed by atoms with Crippen molar-refractivity contribution in [3.63, 3.8) is 0 Å². The zero-order valence-electron chi connectivity index (χ0n) is 12.3. The Morgan fingerprint density at radius 2 is 2.00 bits per heavy atom. The third-order valence-electron chi connectivity index (χ3n) is 4.47. The summed E-state index contributed by atoms with van der Waals surface area (Å²) >= 11 is 0. The molecule has 0 saturated heterocycles. The van der Waals surface area contributed by atoms with Crippen LogP contribution in [0.5, 0.6) is 0 Å². The van der Waals surface area contributed by atoms with Crippen molar-refractivity contribution >= 4 is 5.78 Å². The summed E-state index contributed by atoms with van der Waals surface area (Å²) in [5.41, 5.74) is -0.624. The lowest BCUT2D eigenvalue weighted by atomic mass is 9.58. The molecule has 1 aliphatic carbocycles. The molecule has 2 unspecified atom stereocenters. The van der Waals surface area contributed by atoms with Gasteiger partial charge in [-0.1, -0.05) is 41.0 Å². The fourth-order valence-corrected chi connectivity index (χ4v) is 3.67. The normalized spacial score (nSPS) is 32.8. The minimum absolute atomic E-state index is 0.0502. The minimum atomic E-state index is -0.574. The average Bonchev–Trinajstić information content (AvgIpc) is 2.16. The van der Waals surface area contributed by atoms with E-state index in [-0.39, 0.29) is 5.41 Å². The first-order chi connectivity index (χ1) is 7.78. The molecule has 0 aromatic heterocycles. The van der Waals surface area contributed by atoms with Crippen molar-refractivity contribution in [3.8, 4) is 0 Å². The number of hydrogen-bond acceptors (Lipinski definition) is 2. The molecule has 0 aromatic rings. The van der Waals surface area contributed by atoms with Crippen LogP contribution in [0, 0.1) is 17.3 Å². The summed E-state index contributed by atoms with van der Waals surface area (Å²) in [6.45, 7) is 10.7. The zero-order valence-corrected chi connectivity index (χ0v) is 12.3. The Bertz CT molecular complexity index is 281. The maximum absolute atomic E-state index is 12.7. The van der Waals surface area contributed by atoms with Gasteiger partial charge in [0, 0.05) is 18.9 Å². The van der Waals surface area contributed by atoms with Crippen LogP contribution < -0.4 is 0 Å². The van der Waals surface area contributed by atoms with E-state index < -0.39 is 5.60 Å². The Balaban J connectivity index is 3.08. The maximum Gasteiger partial charge on any atom is 0.165 e. The van der Waals surface area contributed by atoms with Crippen molar-refractivity contribution in [1.29, 1.82) is 0 Å². The average molecular weight is 240 g/mol. The zero-order chi connectivity index (χ0) is 13.3. The highest BCUT2D eigenvalue weighted by Crippen LogP contribution is 2.50. The Kier molecular flexibility index (Phi) is 4.40. The third kappa shape index (κ3) is 2.42. The molecule has 1 aliphatic rings. The van der Waals surface area contributed by atoms with Crippen LogP contribution in [0.1, 0.15) is 60.3 Å². The van der Waals surface area contributed by atoms with Gasteiger partial charge in [-0.2, -0.15) is 0 Å². The van der Waals surface area contributed by atoms with Crippen LogP contribution >= 0.6 is 0 Å². The molecule has 0 amide bonds. The molecule has 1 fully saturated rings. The van der Waals surface area contributed by atoms with Crippen LogP contribution in [0.15, 0.2) is 0 Å². The first-order valence-corrected chi connectivity index (χ1v) is 6.86. The van der Waals surface area contributed by atoms with Gasteiger partial charge in [-0.3, -0.25) is 4.79 Å². The molecule has 0 radical (unpaired) electrons. The second kappa shape index (κ2) is 5.09. The predicted molar refractivity (Wildman–Crippen MR) is 71.0 cm³/mol. The first-order valence-electron chi connectivity index (χ1n) is 6.86. The third-order valence-corrected chi connectivity index (χ3v) is 4.47. The van der Waals surface area contributed by atoms with E-state index in [1.165, 1.54) is 6.42 Å². The van der Waals surface area contributed by atoms with Crippen LogP contribution in [-0.4, -0.2) is 18.5 Å². The highest BCUT2D eigenvalue weighted by atomic mass is 16.5. The summed E-state index contributed by atoms with van der Waals surface area (Å²) in [5, 5.41) is 0. The first kappa shape index (κ1) is 14.7. The summed E-state index contributed by atoms with van der Waals surface area (Å²) < 4.78 is 5.82. The minimum Gasteiger partial charge on any atom is -0.370 e. The number of ketones is 1. The van der Waals surface area contributed by atoms with Gasteiger partial charge in [-0.25, -0.2) is 0 Å². The quantitative estimate of drug-likeness (QED) is 0.746. The number of methoxy groups -OCH3 is 1. The summed E-state index contributed by atoms with van der Waals surface area (Å²) in [4.78, 5) is 12.7. The molecule has 0 spiro atoms. The number of hydrogen-bond donors (Lipinski definition) is 0. The van der Waals surface area contributed by atoms with Crippen LogP contribution in [0.3, 0.4) is 0 Å². The second-order valence-corrected chi connectivity index (χ2v) is 6.64. The monoisotopic (exact) mass is 240 g/mol. The van der Waals surface area contributed by atoms with E-state index in [4.69, 9.17) is 4.74 Å². The molecule has 1 rings (SSSR count). The van der Waals surface area contributed by atoms with Gasteiger partial charge in [-0.15, -0.1) is 0 Å². The van der Waals surface area contributed by atoms with Crippen LogP contribution in [0.2, 0.25) is 0 Å². The van der Waals surface area contributed by atoms with Gasteiger partial charge in [0.25, 0.3) is 0 Å². The number of carbonyl (C=O) groups excluding carboxylic acids is 1. The van der Waals surface area contributed by atoms with Crippen molar-refractivity contribution < 1.29 is 9.53 Å². The highest BCUT2D eigenvalue weighted by molar-refractivity contribution is 5.89. The molecule has 0 aromatic carbocycles. The number of rotatable bonds is 4. The van der Waals surface area contributed by atoms with E-state index in [1.54, 1.807) is 7.11 Å². The van der Waals surface area contributed by atoms with E-state index >= 15 is 0 Å². The van der Waals surface area contributed by atoms with E-state index in [0.717, 1.165) is 12.8 Å². The Labute approximate surface area is 106 Å². The number of Topliss-reactive ketones (excluding diaryl/α,β-unsaturated/α-hetero) is 1. The largest absolute Gasteiger partial charge is 0.370 e. The standard InChI is InChI=1S/C15H28O2/c1-11(2)10-13(16)15(17-6)12(3)8-7-9-14(15,4)5/h11-12H,7-10H2,1-6H3. The Morgan fingerprint density at radius 1 is 1.41 bits per heavy atom. The van der Waals surface area contributed by atoms with Crippen molar-refractivity contribution in [2.75, 3.05) is 7.11 Å². The van der Waals surface area contributed by atoms with E-state index in [2.05, 4.69) is 34.6 Å². The molecule has 0 bridgehead atoms. The molecule has 17 heavy (non-hydrogen) atoms. The fraction of sp³-hybridized carbons (Fsp3) is 0.933. The summed E-state index contributed by atoms with van der Waals surface area (Å²) in [6.07, 6.45) is 4.01. The van der Waals surface area contributed by atoms with Gasteiger partial charge in [0.15, 0.2) is 5.78 Å². The van der Waals surface area contributed by atoms with Crippen molar-refractivity contribution in [1.82, 2.24) is 0 Å². The van der Waals surface area contributed by atoms with Gasteiger partial charge < -0.3 is 4.74 Å². The molecule has 100 valence electrons. The van der Waals surface area contributed by atoms with Gasteiger partial charge in [-0.05, 0) is 24.7 Å². The summed E-state index contributed by atoms with van der Waals surface area (Å²) in [5.74, 6) is 1.02. The van der Waals surface area contributed by atoms with E-state index in [1.807, 2.05) is 0 Å². The lowest BCUT2D eigenvalue weighted by molar-refractivity contribution is -0.180. The topological polar surface area (TPSA) is 26.3 Å². The molecular formula is C15H28O2. The highest BCUT2D eigenvalue weighted by Gasteiger charge is 2.55. The van der Waals surface area contributed by atoms with Gasteiger partial charge in [0.2, 0.25) is 0 Å². The molecular weight excluding hydrogens is 212 g/mol. The van der Waals surface area contributed by atoms with Gasteiger partial charge >= 0.3 is 0 Å². The van der Waals surface area contributed by atoms with Crippen molar-refractivity contribution in [2.24, 2.45) is 17.3 Å². The summed E-state index contributed by atoms with van der Waals surface area (Å²) in [7, 11) is 1.71. The lowest BCUT2D eigenvalue weighted by Crippen LogP contribution is -2.59. The van der Waals surface area contributed by atoms with Gasteiger partial charge in [0.05, 0.1) is 0 Å². The molecule has 2 nitrogen and oxygen atoms in total. The Morgan fingerprint density at radius 3 is 2.41 bits per heavy atom. The summed E-state index contributed by atoms with van der Waals surface area (Å²) in [6, 6.07) is 0.